The number of nitrogens with two attached hydrogens (primary N) is 2. The standard InChI is InChI=1S/C20H20FN3O4.C18H15FN2O3.C16H12FN3O3.C10H9FN2O.C3H9NO2/c1-12-2-4-14(7-16(12)21)18-10-23-19(28-18)6-13-3-5-17(22-8-13)20(27)24-9-15(26)11-25;1-11-3-5-13(8-14(11)19)16-10-21-17(24-16)7-12-4-6-15(20-9-12)18(22)23-2;1-9-2-3-10(6-12(9)17)14-8-19-16(23-14)20-11-4-5-13(15(21)22)18-7-11;1-6-2-3-7(4-8(6)11)9-5-13-10(12)14-9;4-1-3(6)2-5/h2-5,7-8,10,15,25-26H,6,9,11H2,1H3,(H,24,27);3-6,8-10H,7H2,1-2H3;2-8H,1H3,(H,19,20)(H,21,22);2-5H,1H3,(H2,12,13);3,5-6H,1-2,4H2/t15-;;;;3-/m1...1/s1. The number of carboxylic acid groups (broad SMARTS) is 1. The number of halogens is 4. The summed E-state index contributed by atoms with van der Waals surface area (Å²) in [7, 11) is 1.31. The lowest BCUT2D eigenvalue weighted by Gasteiger charge is -2.08. The molecule has 0 aliphatic carbocycles. The minimum atomic E-state index is -1.10. The molecule has 7 aromatic heterocycles. The fourth-order valence-corrected chi connectivity index (χ4v) is 7.85. The summed E-state index contributed by atoms with van der Waals surface area (Å²) >= 11 is 0. The number of carbonyl (C=O) groups excluding carboxylic acids is 2. The predicted molar refractivity (Wildman–Crippen MR) is 338 cm³/mol. The number of carboxylic acids is 1. The SMILES string of the molecule is COC(=O)c1ccc(Cc2ncc(-c3ccc(C)c(F)c3)o2)cn1.Cc1ccc(-c2cnc(Cc3ccc(C(=O)NC[C@@H](O)CO)nc3)o2)cc1F.Cc1ccc(-c2cnc(N)o2)cc1F.Cc1ccc(-c2cnc(Nc3ccc(C(=O)O)nc3)o2)cc1F.NC[C@@H](O)CO. The first kappa shape index (κ1) is 71.1. The number of anilines is 3. The largest absolute Gasteiger partial charge is 0.477 e. The van der Waals surface area contributed by atoms with Crippen LogP contribution in [0.1, 0.15) is 76.6 Å². The number of esters is 1. The van der Waals surface area contributed by atoms with E-state index in [4.69, 9.17) is 49.6 Å². The van der Waals surface area contributed by atoms with Gasteiger partial charge in [-0.15, -0.1) is 0 Å². The van der Waals surface area contributed by atoms with Crippen molar-refractivity contribution in [3.05, 3.63) is 238 Å². The number of nitrogens with one attached hydrogen (secondary N) is 2. The lowest BCUT2D eigenvalue weighted by atomic mass is 10.1. The van der Waals surface area contributed by atoms with E-state index in [1.165, 1.54) is 62.2 Å². The van der Waals surface area contributed by atoms with Crippen molar-refractivity contribution in [2.45, 2.75) is 52.7 Å². The summed E-state index contributed by atoms with van der Waals surface area (Å²) in [5.74, 6) is -0.408. The number of nitrogen functional groups attached to an aromatic ring is 1. The zero-order valence-corrected chi connectivity index (χ0v) is 51.6. The smallest absolute Gasteiger partial charge is 0.356 e. The number of pyridine rings is 3. The molecule has 4 aromatic carbocycles. The molecular formula is C67H65F4N11O13. The van der Waals surface area contributed by atoms with E-state index >= 15 is 0 Å². The molecule has 11 rings (SSSR count). The highest BCUT2D eigenvalue weighted by molar-refractivity contribution is 5.92. The zero-order chi connectivity index (χ0) is 68.7. The topological polar surface area (TPSA) is 380 Å². The van der Waals surface area contributed by atoms with Crippen LogP contribution >= 0.6 is 0 Å². The number of aryl methyl sites for hydroxylation is 4. The third-order valence-corrected chi connectivity index (χ3v) is 13.4. The minimum Gasteiger partial charge on any atom is -0.477 e. The van der Waals surface area contributed by atoms with Gasteiger partial charge in [-0.3, -0.25) is 9.78 Å². The second-order valence-corrected chi connectivity index (χ2v) is 20.6. The number of ether oxygens (including phenoxy) is 1. The minimum absolute atomic E-state index is 0.0567. The molecule has 0 bridgehead atoms. The number of methoxy groups -OCH3 is 1. The summed E-state index contributed by atoms with van der Waals surface area (Å²) in [4.78, 5) is 62.1. The van der Waals surface area contributed by atoms with Gasteiger partial charge in [0.05, 0.1) is 82.0 Å². The summed E-state index contributed by atoms with van der Waals surface area (Å²) in [6.45, 7) is 6.19. The fraction of sp³-hybridized carbons (Fsp3) is 0.194. The van der Waals surface area contributed by atoms with E-state index in [-0.39, 0.29) is 72.1 Å². The molecule has 7 heterocycles. The van der Waals surface area contributed by atoms with Gasteiger partial charge >= 0.3 is 11.9 Å². The predicted octanol–water partition coefficient (Wildman–Crippen LogP) is 9.71. The average Bonchev–Trinajstić information content (AvgIpc) is 1.83. The van der Waals surface area contributed by atoms with E-state index in [2.05, 4.69) is 50.3 Å². The summed E-state index contributed by atoms with van der Waals surface area (Å²) in [6, 6.07) is 29.2. The van der Waals surface area contributed by atoms with Crippen molar-refractivity contribution in [1.29, 1.82) is 0 Å². The molecule has 0 saturated carbocycles. The molecule has 11 aromatic rings. The van der Waals surface area contributed by atoms with Crippen LogP contribution in [0, 0.1) is 51.0 Å². The molecule has 24 nitrogen and oxygen atoms in total. The van der Waals surface area contributed by atoms with Crippen molar-refractivity contribution in [1.82, 2.24) is 40.2 Å². The number of oxazole rings is 4. The molecule has 0 spiro atoms. The molecule has 11 N–H and O–H groups in total. The van der Waals surface area contributed by atoms with E-state index in [9.17, 15) is 37.1 Å². The highest BCUT2D eigenvalue weighted by Gasteiger charge is 2.16. The second-order valence-electron chi connectivity index (χ2n) is 20.6. The maximum atomic E-state index is 13.7. The molecule has 0 radical (unpaired) electrons. The van der Waals surface area contributed by atoms with E-state index in [0.717, 1.165) is 11.1 Å². The average molecular weight is 1310 g/mol. The van der Waals surface area contributed by atoms with Gasteiger partial charge in [-0.2, -0.15) is 0 Å². The summed E-state index contributed by atoms with van der Waals surface area (Å²) in [5, 5.41) is 48.4. The number of rotatable bonds is 18. The van der Waals surface area contributed by atoms with Crippen LogP contribution < -0.4 is 22.1 Å². The Kier molecular flexibility index (Phi) is 25.8. The normalized spacial score (nSPS) is 11.2. The maximum Gasteiger partial charge on any atom is 0.356 e. The number of hydrogen-bond donors (Lipinski definition) is 9. The van der Waals surface area contributed by atoms with Crippen molar-refractivity contribution in [2.75, 3.05) is 44.5 Å². The molecule has 0 aliphatic heterocycles. The molecule has 494 valence electrons. The number of nitrogens with zero attached hydrogens (tertiary/aromatic N) is 7. The van der Waals surface area contributed by atoms with Crippen LogP contribution in [0.2, 0.25) is 0 Å². The van der Waals surface area contributed by atoms with Crippen LogP contribution in [0.15, 0.2) is 170 Å². The van der Waals surface area contributed by atoms with Crippen LogP contribution in [-0.4, -0.2) is 124 Å². The third-order valence-electron chi connectivity index (χ3n) is 13.4. The summed E-state index contributed by atoms with van der Waals surface area (Å²) < 4.78 is 80.7. The number of benzene rings is 4. The zero-order valence-electron chi connectivity index (χ0n) is 51.6. The van der Waals surface area contributed by atoms with Crippen LogP contribution in [0.25, 0.3) is 45.3 Å². The summed E-state index contributed by atoms with van der Waals surface area (Å²) in [6.07, 6.45) is 9.57. The number of aliphatic hydroxyl groups is 4. The van der Waals surface area contributed by atoms with Crippen LogP contribution in [-0.2, 0) is 17.6 Å². The molecule has 2 atom stereocenters. The highest BCUT2D eigenvalue weighted by atomic mass is 19.1. The van der Waals surface area contributed by atoms with Crippen molar-refractivity contribution in [2.24, 2.45) is 5.73 Å². The molecule has 0 unspecified atom stereocenters. The molecule has 0 aliphatic rings. The first-order valence-electron chi connectivity index (χ1n) is 28.7. The fourth-order valence-electron chi connectivity index (χ4n) is 7.85. The molecule has 95 heavy (non-hydrogen) atoms. The molecule has 0 saturated heterocycles. The van der Waals surface area contributed by atoms with Crippen molar-refractivity contribution < 1.29 is 79.9 Å². The lowest BCUT2D eigenvalue weighted by molar-refractivity contribution is 0.0592. The monoisotopic (exact) mass is 1310 g/mol. The summed E-state index contributed by atoms with van der Waals surface area (Å²) in [5.41, 5.74) is 17.5. The Morgan fingerprint density at radius 1 is 0.516 bits per heavy atom. The van der Waals surface area contributed by atoms with Gasteiger partial charge < -0.3 is 70.0 Å². The number of aromatic nitrogens is 7. The number of hydrogen-bond acceptors (Lipinski definition) is 22. The number of aromatic carboxylic acids is 1. The first-order valence-corrected chi connectivity index (χ1v) is 28.7. The van der Waals surface area contributed by atoms with Gasteiger partial charge in [-0.25, -0.2) is 57.1 Å². The van der Waals surface area contributed by atoms with Gasteiger partial charge in [0.15, 0.2) is 34.8 Å². The van der Waals surface area contributed by atoms with E-state index in [0.29, 0.717) is 97.9 Å². The second kappa shape index (κ2) is 34.4. The van der Waals surface area contributed by atoms with E-state index < -0.39 is 36.7 Å². The lowest BCUT2D eigenvalue weighted by Crippen LogP contribution is -2.34. The van der Waals surface area contributed by atoms with Crippen molar-refractivity contribution >= 4 is 35.6 Å². The number of amides is 1. The quantitative estimate of drug-likeness (QED) is 0.0285. The molecule has 0 fully saturated rings. The van der Waals surface area contributed by atoms with Gasteiger partial charge in [-0.1, -0.05) is 60.7 Å². The highest BCUT2D eigenvalue weighted by Crippen LogP contribution is 2.29. The Morgan fingerprint density at radius 2 is 0.937 bits per heavy atom. The molecule has 1 amide bonds. The van der Waals surface area contributed by atoms with Crippen LogP contribution in [0.3, 0.4) is 0 Å². The van der Waals surface area contributed by atoms with Crippen LogP contribution in [0.4, 0.5) is 35.3 Å². The first-order chi connectivity index (χ1) is 45.5. The van der Waals surface area contributed by atoms with Gasteiger partial charge in [0.25, 0.3) is 17.9 Å². The third kappa shape index (κ3) is 21.1. The molecule has 28 heteroatoms. The van der Waals surface area contributed by atoms with E-state index in [1.54, 1.807) is 125 Å². The Labute approximate surface area is 540 Å². The maximum absolute atomic E-state index is 13.7. The van der Waals surface area contributed by atoms with Crippen LogP contribution in [0.5, 0.6) is 0 Å². The Hall–Kier alpha value is -11.3. The van der Waals surface area contributed by atoms with Gasteiger partial charge in [0, 0.05) is 47.7 Å². The van der Waals surface area contributed by atoms with Gasteiger partial charge in [0.2, 0.25) is 0 Å². The van der Waals surface area contributed by atoms with Crippen molar-refractivity contribution in [3.63, 3.8) is 0 Å². The Bertz CT molecular complexity index is 4310. The van der Waals surface area contributed by atoms with E-state index in [1.807, 2.05) is 0 Å². The molecular weight excluding hydrogens is 1240 g/mol. The Morgan fingerprint density at radius 3 is 1.31 bits per heavy atom. The van der Waals surface area contributed by atoms with Crippen molar-refractivity contribution in [3.8, 4) is 45.3 Å². The Balaban J connectivity index is 0.000000177. The number of aliphatic hydroxyl groups excluding tert-OH is 4. The van der Waals surface area contributed by atoms with Gasteiger partial charge in [0.1, 0.15) is 40.4 Å². The number of carbonyl (C=O) groups is 3. The van der Waals surface area contributed by atoms with Gasteiger partial charge in [-0.05, 0) is 110 Å².